The summed E-state index contributed by atoms with van der Waals surface area (Å²) in [5.41, 5.74) is 1.71. The van der Waals surface area contributed by atoms with Crippen molar-refractivity contribution in [3.05, 3.63) is 29.8 Å². The van der Waals surface area contributed by atoms with Gasteiger partial charge in [-0.3, -0.25) is 0 Å². The van der Waals surface area contributed by atoms with Crippen LogP contribution in [0.25, 0.3) is 11.4 Å². The SMILES string of the molecule is CNCC(O)COc1cccc(-c2nc(N[C@@H]3CCOC3)c(C)c(N3CCN(S(C)(=O)=O)CC3)n2)c1. The van der Waals surface area contributed by atoms with Crippen LogP contribution in [0.3, 0.4) is 0 Å². The molecule has 2 atom stereocenters. The number of hydrogen-bond donors (Lipinski definition) is 3. The molecular weight excluding hydrogens is 484 g/mol. The number of sulfonamides is 1. The second-order valence-corrected chi connectivity index (χ2v) is 11.2. The maximum Gasteiger partial charge on any atom is 0.211 e. The van der Waals surface area contributed by atoms with Crippen LogP contribution in [0.5, 0.6) is 5.75 Å². The summed E-state index contributed by atoms with van der Waals surface area (Å²) in [6.45, 7) is 5.85. The van der Waals surface area contributed by atoms with Gasteiger partial charge in [-0.05, 0) is 32.5 Å². The number of benzene rings is 1. The van der Waals surface area contributed by atoms with E-state index in [9.17, 15) is 13.5 Å². The molecule has 2 aliphatic heterocycles. The average molecular weight is 521 g/mol. The zero-order chi connectivity index (χ0) is 25.7. The largest absolute Gasteiger partial charge is 0.491 e. The zero-order valence-electron chi connectivity index (χ0n) is 21.1. The van der Waals surface area contributed by atoms with Crippen molar-refractivity contribution in [1.29, 1.82) is 0 Å². The van der Waals surface area contributed by atoms with Crippen LogP contribution < -0.4 is 20.3 Å². The molecule has 0 amide bonds. The highest BCUT2D eigenvalue weighted by Gasteiger charge is 2.27. The molecule has 3 N–H and O–H groups in total. The Morgan fingerprint density at radius 2 is 2.03 bits per heavy atom. The first-order valence-electron chi connectivity index (χ1n) is 12.2. The third kappa shape index (κ3) is 6.62. The molecule has 0 saturated carbocycles. The summed E-state index contributed by atoms with van der Waals surface area (Å²) in [6, 6.07) is 7.68. The van der Waals surface area contributed by atoms with Crippen LogP contribution in [0.15, 0.2) is 24.3 Å². The summed E-state index contributed by atoms with van der Waals surface area (Å²) >= 11 is 0. The van der Waals surface area contributed by atoms with E-state index in [1.54, 1.807) is 7.05 Å². The Labute approximate surface area is 212 Å². The molecule has 11 nitrogen and oxygen atoms in total. The van der Waals surface area contributed by atoms with Crippen LogP contribution in [-0.2, 0) is 14.8 Å². The molecule has 1 aromatic heterocycles. The molecule has 0 aliphatic carbocycles. The highest BCUT2D eigenvalue weighted by Crippen LogP contribution is 2.31. The van der Waals surface area contributed by atoms with Crippen LogP contribution in [0.2, 0.25) is 0 Å². The molecule has 0 bridgehead atoms. The van der Waals surface area contributed by atoms with Crippen LogP contribution in [0.1, 0.15) is 12.0 Å². The third-order valence-electron chi connectivity index (χ3n) is 6.37. The lowest BCUT2D eigenvalue weighted by Gasteiger charge is -2.35. The first-order chi connectivity index (χ1) is 17.2. The summed E-state index contributed by atoms with van der Waals surface area (Å²) in [6.07, 6.45) is 1.53. The Bertz CT molecular complexity index is 1130. The highest BCUT2D eigenvalue weighted by atomic mass is 32.2. The van der Waals surface area contributed by atoms with Crippen LogP contribution in [-0.4, -0.2) is 106 Å². The Balaban J connectivity index is 1.62. The standard InChI is InChI=1S/C24H36N6O5S/c1-17-22(26-19-7-12-34-15-19)27-23(18-5-4-6-21(13-18)35-16-20(31)14-25-2)28-24(17)29-8-10-30(11-9-29)36(3,32)33/h4-6,13,19-20,25,31H,7-12,14-16H2,1-3H3,(H,26,27,28)/t19-,20?/m1/s1. The predicted molar refractivity (Wildman–Crippen MR) is 139 cm³/mol. The van der Waals surface area contributed by atoms with Crippen LogP contribution >= 0.6 is 0 Å². The number of nitrogens with zero attached hydrogens (tertiary/aromatic N) is 4. The maximum atomic E-state index is 12.0. The van der Waals surface area contributed by atoms with Gasteiger partial charge in [-0.15, -0.1) is 0 Å². The molecule has 2 saturated heterocycles. The van der Waals surface area contributed by atoms with E-state index in [2.05, 4.69) is 15.5 Å². The molecule has 36 heavy (non-hydrogen) atoms. The summed E-state index contributed by atoms with van der Waals surface area (Å²) in [5, 5.41) is 16.4. The van der Waals surface area contributed by atoms with Crippen molar-refractivity contribution in [3.8, 4) is 17.1 Å². The molecule has 0 spiro atoms. The van der Waals surface area contributed by atoms with Gasteiger partial charge in [-0.25, -0.2) is 18.4 Å². The molecular formula is C24H36N6O5S. The Morgan fingerprint density at radius 1 is 1.25 bits per heavy atom. The lowest BCUT2D eigenvalue weighted by Crippen LogP contribution is -2.48. The van der Waals surface area contributed by atoms with E-state index in [0.29, 0.717) is 57.5 Å². The van der Waals surface area contributed by atoms with E-state index in [0.717, 1.165) is 29.2 Å². The molecule has 1 unspecified atom stereocenters. The minimum Gasteiger partial charge on any atom is -0.491 e. The van der Waals surface area contributed by atoms with Gasteiger partial charge in [0.05, 0.1) is 18.9 Å². The lowest BCUT2D eigenvalue weighted by atomic mass is 10.1. The Morgan fingerprint density at radius 3 is 2.69 bits per heavy atom. The smallest absolute Gasteiger partial charge is 0.211 e. The summed E-state index contributed by atoms with van der Waals surface area (Å²) in [7, 11) is -1.45. The molecule has 0 radical (unpaired) electrons. The van der Waals surface area contributed by atoms with E-state index >= 15 is 0 Å². The van der Waals surface area contributed by atoms with Crippen molar-refractivity contribution >= 4 is 21.7 Å². The lowest BCUT2D eigenvalue weighted by molar-refractivity contribution is 0.108. The normalized spacial score (nSPS) is 19.9. The third-order valence-corrected chi connectivity index (χ3v) is 7.68. The van der Waals surface area contributed by atoms with Gasteiger partial charge in [0.1, 0.15) is 30.1 Å². The second-order valence-electron chi connectivity index (χ2n) is 9.25. The predicted octanol–water partition coefficient (Wildman–Crippen LogP) is 0.694. The van der Waals surface area contributed by atoms with Gasteiger partial charge in [0.25, 0.3) is 0 Å². The van der Waals surface area contributed by atoms with Gasteiger partial charge >= 0.3 is 0 Å². The number of aliphatic hydroxyl groups is 1. The molecule has 1 aromatic carbocycles. The van der Waals surface area contributed by atoms with E-state index < -0.39 is 16.1 Å². The molecule has 2 fully saturated rings. The maximum absolute atomic E-state index is 12.0. The molecule has 2 aromatic rings. The molecule has 4 rings (SSSR count). The van der Waals surface area contributed by atoms with E-state index in [4.69, 9.17) is 19.4 Å². The van der Waals surface area contributed by atoms with E-state index in [1.165, 1.54) is 10.6 Å². The van der Waals surface area contributed by atoms with Crippen molar-refractivity contribution in [1.82, 2.24) is 19.6 Å². The second kappa shape index (κ2) is 11.7. The van der Waals surface area contributed by atoms with Gasteiger partial charge in [-0.2, -0.15) is 4.31 Å². The number of piperazine rings is 1. The van der Waals surface area contributed by atoms with Gasteiger partial charge in [-0.1, -0.05) is 12.1 Å². The number of aliphatic hydroxyl groups excluding tert-OH is 1. The number of ether oxygens (including phenoxy) is 2. The summed E-state index contributed by atoms with van der Waals surface area (Å²) in [5.74, 6) is 2.69. The highest BCUT2D eigenvalue weighted by molar-refractivity contribution is 7.88. The number of aromatic nitrogens is 2. The van der Waals surface area contributed by atoms with Crippen molar-refractivity contribution in [3.63, 3.8) is 0 Å². The minimum atomic E-state index is -3.22. The Kier molecular flexibility index (Phi) is 8.62. The van der Waals surface area contributed by atoms with Gasteiger partial charge in [0.15, 0.2) is 5.82 Å². The molecule has 12 heteroatoms. The fourth-order valence-corrected chi connectivity index (χ4v) is 5.19. The molecule has 3 heterocycles. The van der Waals surface area contributed by atoms with Crippen LogP contribution in [0.4, 0.5) is 11.6 Å². The monoisotopic (exact) mass is 520 g/mol. The number of likely N-dealkylation sites (N-methyl/N-ethyl adjacent to an activating group) is 1. The van der Waals surface area contributed by atoms with E-state index in [1.807, 2.05) is 31.2 Å². The average Bonchev–Trinajstić information content (AvgIpc) is 3.37. The van der Waals surface area contributed by atoms with Crippen molar-refractivity contribution in [2.45, 2.75) is 25.5 Å². The first kappa shape index (κ1) is 26.6. The van der Waals surface area contributed by atoms with Gasteiger partial charge < -0.3 is 30.1 Å². The molecule has 2 aliphatic rings. The van der Waals surface area contributed by atoms with Crippen molar-refractivity contribution in [2.75, 3.05) is 76.1 Å². The van der Waals surface area contributed by atoms with E-state index in [-0.39, 0.29) is 12.6 Å². The summed E-state index contributed by atoms with van der Waals surface area (Å²) in [4.78, 5) is 11.9. The van der Waals surface area contributed by atoms with Crippen molar-refractivity contribution in [2.24, 2.45) is 0 Å². The quantitative estimate of drug-likeness (QED) is 0.412. The summed E-state index contributed by atoms with van der Waals surface area (Å²) < 4.78 is 36.8. The topological polar surface area (TPSA) is 129 Å². The fraction of sp³-hybridized carbons (Fsp3) is 0.583. The fourth-order valence-electron chi connectivity index (χ4n) is 4.37. The van der Waals surface area contributed by atoms with Crippen LogP contribution in [0, 0.1) is 6.92 Å². The minimum absolute atomic E-state index is 0.170. The first-order valence-corrected chi connectivity index (χ1v) is 14.1. The number of nitrogens with one attached hydrogen (secondary N) is 2. The Hall–Kier alpha value is -2.51. The van der Waals surface area contributed by atoms with Crippen molar-refractivity contribution < 1.29 is 23.0 Å². The van der Waals surface area contributed by atoms with Gasteiger partial charge in [0, 0.05) is 50.5 Å². The van der Waals surface area contributed by atoms with Gasteiger partial charge in [0.2, 0.25) is 10.0 Å². The molecule has 198 valence electrons. The number of rotatable bonds is 10. The number of anilines is 2. The number of hydrogen-bond acceptors (Lipinski definition) is 10. The zero-order valence-corrected chi connectivity index (χ0v) is 21.9.